The summed E-state index contributed by atoms with van der Waals surface area (Å²) in [4.78, 5) is 0. The van der Waals surface area contributed by atoms with E-state index in [0.29, 0.717) is 5.56 Å². The zero-order valence-electron chi connectivity index (χ0n) is 8.37. The van der Waals surface area contributed by atoms with E-state index in [9.17, 15) is 8.78 Å². The van der Waals surface area contributed by atoms with Gasteiger partial charge in [-0.15, -0.1) is 0 Å². The molecular formula is C11H12F2N2. The van der Waals surface area contributed by atoms with Gasteiger partial charge in [0.05, 0.1) is 18.2 Å². The van der Waals surface area contributed by atoms with Crippen molar-refractivity contribution in [2.75, 3.05) is 6.54 Å². The number of nitrogens with zero attached hydrogens (tertiary/aromatic N) is 1. The van der Waals surface area contributed by atoms with Crippen molar-refractivity contribution >= 4 is 0 Å². The van der Waals surface area contributed by atoms with Gasteiger partial charge in [-0.1, -0.05) is 12.1 Å². The summed E-state index contributed by atoms with van der Waals surface area (Å²) in [6.07, 6.45) is -2.34. The average molecular weight is 210 g/mol. The van der Waals surface area contributed by atoms with Crippen LogP contribution in [0, 0.1) is 11.3 Å². The molecule has 0 bridgehead atoms. The Hall–Kier alpha value is -1.47. The molecule has 0 aromatic heterocycles. The largest absolute Gasteiger partial charge is 0.305 e. The Labute approximate surface area is 87.5 Å². The van der Waals surface area contributed by atoms with Crippen molar-refractivity contribution in [3.05, 3.63) is 35.4 Å². The topological polar surface area (TPSA) is 35.8 Å². The molecule has 0 aliphatic rings. The van der Waals surface area contributed by atoms with E-state index in [4.69, 9.17) is 5.26 Å². The van der Waals surface area contributed by atoms with Gasteiger partial charge in [0.1, 0.15) is 0 Å². The van der Waals surface area contributed by atoms with Gasteiger partial charge in [-0.25, -0.2) is 8.78 Å². The first-order chi connectivity index (χ1) is 7.13. The van der Waals surface area contributed by atoms with Gasteiger partial charge >= 0.3 is 0 Å². The first-order valence-corrected chi connectivity index (χ1v) is 4.65. The lowest BCUT2D eigenvalue weighted by atomic mass is 10.1. The molecule has 0 heterocycles. The first-order valence-electron chi connectivity index (χ1n) is 4.65. The van der Waals surface area contributed by atoms with E-state index in [1.165, 1.54) is 0 Å². The van der Waals surface area contributed by atoms with Crippen molar-refractivity contribution in [2.45, 2.75) is 19.4 Å². The number of nitrogens with one attached hydrogen (secondary N) is 1. The molecule has 0 amide bonds. The zero-order chi connectivity index (χ0) is 11.3. The minimum atomic E-state index is -2.34. The molecule has 0 spiro atoms. The van der Waals surface area contributed by atoms with Crippen LogP contribution >= 0.6 is 0 Å². The van der Waals surface area contributed by atoms with Crippen LogP contribution in [0.4, 0.5) is 8.78 Å². The van der Waals surface area contributed by atoms with Crippen LogP contribution in [0.2, 0.25) is 0 Å². The van der Waals surface area contributed by atoms with E-state index < -0.39 is 6.43 Å². The van der Waals surface area contributed by atoms with E-state index in [-0.39, 0.29) is 12.6 Å². The summed E-state index contributed by atoms with van der Waals surface area (Å²) in [5.41, 5.74) is 1.47. The molecule has 1 aromatic rings. The maximum Gasteiger partial charge on any atom is 0.250 e. The normalized spacial score (nSPS) is 12.5. The lowest BCUT2D eigenvalue weighted by Gasteiger charge is -2.13. The summed E-state index contributed by atoms with van der Waals surface area (Å²) in [5.74, 6) is 0. The molecule has 1 unspecified atom stereocenters. The molecular weight excluding hydrogens is 198 g/mol. The second-order valence-corrected chi connectivity index (χ2v) is 3.25. The van der Waals surface area contributed by atoms with Crippen LogP contribution in [0.25, 0.3) is 0 Å². The van der Waals surface area contributed by atoms with Gasteiger partial charge in [-0.3, -0.25) is 0 Å². The predicted octanol–water partition coefficient (Wildman–Crippen LogP) is 2.47. The van der Waals surface area contributed by atoms with Crippen molar-refractivity contribution in [1.82, 2.24) is 5.32 Å². The minimum absolute atomic E-state index is 0.133. The number of halogens is 2. The fourth-order valence-corrected chi connectivity index (χ4v) is 1.23. The van der Waals surface area contributed by atoms with Crippen LogP contribution in [0.1, 0.15) is 24.1 Å². The highest BCUT2D eigenvalue weighted by Crippen LogP contribution is 2.13. The summed E-state index contributed by atoms with van der Waals surface area (Å²) in [6.45, 7) is 1.49. The summed E-state index contributed by atoms with van der Waals surface area (Å²) in [6, 6.07) is 8.75. The lowest BCUT2D eigenvalue weighted by Crippen LogP contribution is -2.24. The molecule has 4 heteroatoms. The van der Waals surface area contributed by atoms with E-state index in [0.717, 1.165) is 5.56 Å². The summed E-state index contributed by atoms with van der Waals surface area (Å²) < 4.78 is 23.8. The second kappa shape index (κ2) is 5.42. The first kappa shape index (κ1) is 11.6. The summed E-state index contributed by atoms with van der Waals surface area (Å²) in [5, 5.41) is 11.3. The van der Waals surface area contributed by atoms with Crippen LogP contribution < -0.4 is 5.32 Å². The van der Waals surface area contributed by atoms with Crippen molar-refractivity contribution in [1.29, 1.82) is 5.26 Å². The van der Waals surface area contributed by atoms with Crippen LogP contribution in [0.15, 0.2) is 24.3 Å². The molecule has 80 valence electrons. The Kier molecular flexibility index (Phi) is 4.19. The van der Waals surface area contributed by atoms with Crippen LogP contribution in [0.5, 0.6) is 0 Å². The number of hydrogen-bond acceptors (Lipinski definition) is 2. The van der Waals surface area contributed by atoms with Gasteiger partial charge in [0.15, 0.2) is 0 Å². The van der Waals surface area contributed by atoms with Gasteiger partial charge < -0.3 is 5.32 Å². The van der Waals surface area contributed by atoms with E-state index in [1.807, 2.05) is 13.0 Å². The number of benzene rings is 1. The quantitative estimate of drug-likeness (QED) is 0.828. The number of nitriles is 1. The lowest BCUT2D eigenvalue weighted by molar-refractivity contribution is 0.142. The SMILES string of the molecule is CC(NCC(F)F)c1ccc(C#N)cc1. The molecule has 1 N–H and O–H groups in total. The Bertz CT molecular complexity index is 341. The van der Waals surface area contributed by atoms with Gasteiger partial charge in [-0.2, -0.15) is 5.26 Å². The molecule has 0 saturated carbocycles. The van der Waals surface area contributed by atoms with Crippen molar-refractivity contribution in [3.8, 4) is 6.07 Å². The molecule has 0 aliphatic heterocycles. The Morgan fingerprint density at radius 3 is 2.40 bits per heavy atom. The molecule has 1 atom stereocenters. The monoisotopic (exact) mass is 210 g/mol. The van der Waals surface area contributed by atoms with Crippen LogP contribution in [0.3, 0.4) is 0 Å². The van der Waals surface area contributed by atoms with Gasteiger partial charge in [0.2, 0.25) is 0 Å². The Morgan fingerprint density at radius 1 is 1.33 bits per heavy atom. The van der Waals surface area contributed by atoms with Crippen molar-refractivity contribution in [3.63, 3.8) is 0 Å². The summed E-state index contributed by atoms with van der Waals surface area (Å²) >= 11 is 0. The highest BCUT2D eigenvalue weighted by atomic mass is 19.3. The molecule has 0 saturated heterocycles. The van der Waals surface area contributed by atoms with Crippen molar-refractivity contribution < 1.29 is 8.78 Å². The number of hydrogen-bond donors (Lipinski definition) is 1. The third-order valence-electron chi connectivity index (χ3n) is 2.12. The molecule has 15 heavy (non-hydrogen) atoms. The van der Waals surface area contributed by atoms with E-state index >= 15 is 0 Å². The fraction of sp³-hybridized carbons (Fsp3) is 0.364. The molecule has 2 nitrogen and oxygen atoms in total. The molecule has 1 aromatic carbocycles. The molecule has 0 fully saturated rings. The standard InChI is InChI=1S/C11H12F2N2/c1-8(15-7-11(12)13)10-4-2-9(6-14)3-5-10/h2-5,8,11,15H,7H2,1H3. The van der Waals surface area contributed by atoms with E-state index in [2.05, 4.69) is 5.32 Å². The Morgan fingerprint density at radius 2 is 1.93 bits per heavy atom. The fourth-order valence-electron chi connectivity index (χ4n) is 1.23. The van der Waals surface area contributed by atoms with Gasteiger partial charge in [-0.05, 0) is 24.6 Å². The van der Waals surface area contributed by atoms with Crippen LogP contribution in [-0.4, -0.2) is 13.0 Å². The van der Waals surface area contributed by atoms with Gasteiger partial charge in [0, 0.05) is 6.04 Å². The number of rotatable bonds is 4. The third kappa shape index (κ3) is 3.64. The van der Waals surface area contributed by atoms with E-state index in [1.54, 1.807) is 24.3 Å². The molecule has 0 radical (unpaired) electrons. The second-order valence-electron chi connectivity index (χ2n) is 3.25. The van der Waals surface area contributed by atoms with Crippen molar-refractivity contribution in [2.24, 2.45) is 0 Å². The summed E-state index contributed by atoms with van der Waals surface area (Å²) in [7, 11) is 0. The number of alkyl halides is 2. The highest BCUT2D eigenvalue weighted by Gasteiger charge is 2.08. The highest BCUT2D eigenvalue weighted by molar-refractivity contribution is 5.32. The minimum Gasteiger partial charge on any atom is -0.305 e. The maximum atomic E-state index is 11.9. The van der Waals surface area contributed by atoms with Crippen LogP contribution in [-0.2, 0) is 0 Å². The van der Waals surface area contributed by atoms with Gasteiger partial charge in [0.25, 0.3) is 6.43 Å². The molecule has 0 aliphatic carbocycles. The molecule has 1 rings (SSSR count). The predicted molar refractivity (Wildman–Crippen MR) is 53.6 cm³/mol. The zero-order valence-corrected chi connectivity index (χ0v) is 8.37. The maximum absolute atomic E-state index is 11.9. The third-order valence-corrected chi connectivity index (χ3v) is 2.12. The smallest absolute Gasteiger partial charge is 0.250 e. The average Bonchev–Trinajstić information content (AvgIpc) is 2.26. The Balaban J connectivity index is 2.58.